The molecule has 0 amide bonds. The van der Waals surface area contributed by atoms with Crippen LogP contribution in [0.3, 0.4) is 0 Å². The van der Waals surface area contributed by atoms with Crippen molar-refractivity contribution < 1.29 is 5.11 Å². The molecule has 0 aliphatic rings. The molecule has 0 aliphatic carbocycles. The lowest BCUT2D eigenvalue weighted by atomic mass is 10.0. The van der Waals surface area contributed by atoms with Crippen LogP contribution in [0.4, 0.5) is 0 Å². The standard InChI is InChI=1S/C8H18O.CH4/c1-4-7(2)5-6-8(3)9;/h7-9H,4-6H2,1-3H3;1H4. The molecule has 0 aromatic carbocycles. The number of hydrogen-bond donors (Lipinski definition) is 1. The van der Waals surface area contributed by atoms with E-state index in [0.717, 1.165) is 18.8 Å². The first-order valence-electron chi connectivity index (χ1n) is 3.84. The highest BCUT2D eigenvalue weighted by molar-refractivity contribution is 4.53. The zero-order valence-corrected chi connectivity index (χ0v) is 6.72. The molecule has 1 nitrogen and oxygen atoms in total. The summed E-state index contributed by atoms with van der Waals surface area (Å²) in [6.45, 7) is 6.26. The van der Waals surface area contributed by atoms with E-state index in [0.29, 0.717) is 0 Å². The first-order chi connectivity index (χ1) is 4.16. The quantitative estimate of drug-likeness (QED) is 0.646. The fraction of sp³-hybridized carbons (Fsp3) is 1.00. The van der Waals surface area contributed by atoms with Gasteiger partial charge in [-0.15, -0.1) is 0 Å². The van der Waals surface area contributed by atoms with Crippen molar-refractivity contribution in [1.29, 1.82) is 0 Å². The van der Waals surface area contributed by atoms with E-state index < -0.39 is 0 Å². The molecule has 0 aromatic rings. The molecule has 0 heterocycles. The second kappa shape index (κ2) is 7.07. The predicted octanol–water partition coefficient (Wildman–Crippen LogP) is 2.83. The molecule has 0 radical (unpaired) electrons. The van der Waals surface area contributed by atoms with Crippen LogP contribution < -0.4 is 0 Å². The molecule has 10 heavy (non-hydrogen) atoms. The van der Waals surface area contributed by atoms with Gasteiger partial charge in [-0.25, -0.2) is 0 Å². The van der Waals surface area contributed by atoms with Crippen LogP contribution in [0.25, 0.3) is 0 Å². The van der Waals surface area contributed by atoms with Gasteiger partial charge in [0.25, 0.3) is 0 Å². The van der Waals surface area contributed by atoms with E-state index in [2.05, 4.69) is 13.8 Å². The van der Waals surface area contributed by atoms with E-state index >= 15 is 0 Å². The van der Waals surface area contributed by atoms with Gasteiger partial charge in [0.1, 0.15) is 0 Å². The summed E-state index contributed by atoms with van der Waals surface area (Å²) in [6.07, 6.45) is 3.23. The Morgan fingerprint density at radius 1 is 1.20 bits per heavy atom. The summed E-state index contributed by atoms with van der Waals surface area (Å²) in [4.78, 5) is 0. The van der Waals surface area contributed by atoms with Crippen molar-refractivity contribution in [3.8, 4) is 0 Å². The van der Waals surface area contributed by atoms with Gasteiger partial charge in [-0.1, -0.05) is 27.7 Å². The molecule has 0 aliphatic heterocycles. The Morgan fingerprint density at radius 2 is 1.70 bits per heavy atom. The number of rotatable bonds is 4. The Bertz CT molecular complexity index is 59.7. The fourth-order valence-electron chi connectivity index (χ4n) is 0.730. The Labute approximate surface area is 65.5 Å². The highest BCUT2D eigenvalue weighted by Crippen LogP contribution is 2.10. The van der Waals surface area contributed by atoms with Crippen LogP contribution in [0.5, 0.6) is 0 Å². The van der Waals surface area contributed by atoms with Gasteiger partial charge in [-0.05, 0) is 25.7 Å². The molecule has 64 valence electrons. The van der Waals surface area contributed by atoms with Gasteiger partial charge in [0.05, 0.1) is 6.10 Å². The Balaban J connectivity index is 0. The number of aliphatic hydroxyl groups is 1. The van der Waals surface area contributed by atoms with Gasteiger partial charge in [-0.2, -0.15) is 0 Å². The SMILES string of the molecule is C.CCC(C)CCC(C)O. The van der Waals surface area contributed by atoms with Crippen molar-refractivity contribution in [1.82, 2.24) is 0 Å². The normalized spacial score (nSPS) is 15.6. The molecule has 0 bridgehead atoms. The monoisotopic (exact) mass is 146 g/mol. The zero-order chi connectivity index (χ0) is 7.28. The topological polar surface area (TPSA) is 20.2 Å². The highest BCUT2D eigenvalue weighted by atomic mass is 16.3. The molecule has 0 aromatic heterocycles. The molecule has 1 N–H and O–H groups in total. The van der Waals surface area contributed by atoms with Gasteiger partial charge in [0.15, 0.2) is 0 Å². The summed E-state index contributed by atoms with van der Waals surface area (Å²) in [6, 6.07) is 0. The van der Waals surface area contributed by atoms with Crippen LogP contribution in [-0.4, -0.2) is 11.2 Å². The lowest BCUT2D eigenvalue weighted by Gasteiger charge is -2.08. The van der Waals surface area contributed by atoms with E-state index in [1.54, 1.807) is 0 Å². The van der Waals surface area contributed by atoms with Crippen LogP contribution in [-0.2, 0) is 0 Å². The molecule has 0 saturated carbocycles. The largest absolute Gasteiger partial charge is 0.393 e. The minimum absolute atomic E-state index is 0. The minimum atomic E-state index is -0.112. The minimum Gasteiger partial charge on any atom is -0.393 e. The van der Waals surface area contributed by atoms with Gasteiger partial charge in [0, 0.05) is 0 Å². The molecular formula is C9H22O. The van der Waals surface area contributed by atoms with Crippen LogP contribution in [0.2, 0.25) is 0 Å². The van der Waals surface area contributed by atoms with Gasteiger partial charge < -0.3 is 5.11 Å². The number of aliphatic hydroxyl groups excluding tert-OH is 1. The lowest BCUT2D eigenvalue weighted by molar-refractivity contribution is 0.174. The third-order valence-electron chi connectivity index (χ3n) is 1.77. The molecule has 0 spiro atoms. The summed E-state index contributed by atoms with van der Waals surface area (Å²) in [5, 5.41) is 8.90. The Morgan fingerprint density at radius 3 is 2.00 bits per heavy atom. The van der Waals surface area contributed by atoms with Crippen LogP contribution in [0.15, 0.2) is 0 Å². The lowest BCUT2D eigenvalue weighted by Crippen LogP contribution is -2.02. The number of hydrogen-bond acceptors (Lipinski definition) is 1. The molecule has 2 unspecified atom stereocenters. The average molecular weight is 146 g/mol. The van der Waals surface area contributed by atoms with Crippen molar-refractivity contribution in [2.75, 3.05) is 0 Å². The van der Waals surface area contributed by atoms with Gasteiger partial charge in [-0.3, -0.25) is 0 Å². The second-order valence-corrected chi connectivity index (χ2v) is 2.94. The third-order valence-corrected chi connectivity index (χ3v) is 1.77. The Kier molecular flexibility index (Phi) is 8.92. The highest BCUT2D eigenvalue weighted by Gasteiger charge is 2.00. The van der Waals surface area contributed by atoms with E-state index in [9.17, 15) is 0 Å². The molecule has 0 rings (SSSR count). The smallest absolute Gasteiger partial charge is 0.0512 e. The zero-order valence-electron chi connectivity index (χ0n) is 6.72. The van der Waals surface area contributed by atoms with Crippen LogP contribution in [0.1, 0.15) is 47.5 Å². The summed E-state index contributed by atoms with van der Waals surface area (Å²) >= 11 is 0. The van der Waals surface area contributed by atoms with E-state index in [4.69, 9.17) is 5.11 Å². The summed E-state index contributed by atoms with van der Waals surface area (Å²) in [5.74, 6) is 0.777. The average Bonchev–Trinajstić information content (AvgIpc) is 1.83. The summed E-state index contributed by atoms with van der Waals surface area (Å²) < 4.78 is 0. The second-order valence-electron chi connectivity index (χ2n) is 2.94. The van der Waals surface area contributed by atoms with Crippen molar-refractivity contribution in [2.24, 2.45) is 5.92 Å². The van der Waals surface area contributed by atoms with Crippen LogP contribution in [0, 0.1) is 5.92 Å². The maximum Gasteiger partial charge on any atom is 0.0512 e. The van der Waals surface area contributed by atoms with Crippen LogP contribution >= 0.6 is 0 Å². The van der Waals surface area contributed by atoms with E-state index in [-0.39, 0.29) is 13.5 Å². The molecule has 0 fully saturated rings. The van der Waals surface area contributed by atoms with Crippen molar-refractivity contribution in [3.05, 3.63) is 0 Å². The third kappa shape index (κ3) is 7.96. The molecule has 0 saturated heterocycles. The first-order valence-corrected chi connectivity index (χ1v) is 3.84. The van der Waals surface area contributed by atoms with E-state index in [1.165, 1.54) is 6.42 Å². The predicted molar refractivity (Wildman–Crippen MR) is 47.1 cm³/mol. The maximum atomic E-state index is 8.90. The van der Waals surface area contributed by atoms with Crippen molar-refractivity contribution in [3.63, 3.8) is 0 Å². The first kappa shape index (κ1) is 12.6. The van der Waals surface area contributed by atoms with Crippen molar-refractivity contribution >= 4 is 0 Å². The molecular weight excluding hydrogens is 124 g/mol. The fourth-order valence-corrected chi connectivity index (χ4v) is 0.730. The van der Waals surface area contributed by atoms with Gasteiger partial charge >= 0.3 is 0 Å². The maximum absolute atomic E-state index is 8.90. The van der Waals surface area contributed by atoms with Gasteiger partial charge in [0.2, 0.25) is 0 Å². The summed E-state index contributed by atoms with van der Waals surface area (Å²) in [5.41, 5.74) is 0. The van der Waals surface area contributed by atoms with Crippen molar-refractivity contribution in [2.45, 2.75) is 53.6 Å². The summed E-state index contributed by atoms with van der Waals surface area (Å²) in [7, 11) is 0. The molecule has 1 heteroatoms. The molecule has 2 atom stereocenters. The van der Waals surface area contributed by atoms with E-state index in [1.807, 2.05) is 6.92 Å². The Hall–Kier alpha value is -0.0400.